The lowest BCUT2D eigenvalue weighted by atomic mass is 10.2. The monoisotopic (exact) mass is 463 g/mol. The SMILES string of the molecule is COc1cc(C(=O)Nc2nc(-c3ccc(Cl)s3)cs2)ccc1OCc1cscn1. The molecule has 3 heterocycles. The van der Waals surface area contributed by atoms with Crippen LogP contribution in [0.4, 0.5) is 5.13 Å². The highest BCUT2D eigenvalue weighted by Crippen LogP contribution is 2.33. The van der Waals surface area contributed by atoms with Crippen molar-refractivity contribution in [2.75, 3.05) is 12.4 Å². The highest BCUT2D eigenvalue weighted by atomic mass is 35.5. The summed E-state index contributed by atoms with van der Waals surface area (Å²) in [5, 5.41) is 7.13. The van der Waals surface area contributed by atoms with Crippen molar-refractivity contribution < 1.29 is 14.3 Å². The van der Waals surface area contributed by atoms with Gasteiger partial charge in [-0.05, 0) is 30.3 Å². The molecule has 4 aromatic rings. The van der Waals surface area contributed by atoms with Crippen LogP contribution in [0.3, 0.4) is 0 Å². The number of nitrogens with one attached hydrogen (secondary N) is 1. The van der Waals surface area contributed by atoms with Crippen molar-refractivity contribution in [1.82, 2.24) is 9.97 Å². The van der Waals surface area contributed by atoms with Gasteiger partial charge in [-0.15, -0.1) is 34.0 Å². The number of anilines is 1. The lowest BCUT2D eigenvalue weighted by molar-refractivity contribution is 0.102. The fourth-order valence-electron chi connectivity index (χ4n) is 2.45. The zero-order valence-corrected chi connectivity index (χ0v) is 18.3. The van der Waals surface area contributed by atoms with E-state index in [4.69, 9.17) is 21.1 Å². The predicted octanol–water partition coefficient (Wildman–Crippen LogP) is 5.82. The van der Waals surface area contributed by atoms with Gasteiger partial charge in [0.2, 0.25) is 0 Å². The van der Waals surface area contributed by atoms with E-state index in [0.29, 0.717) is 33.1 Å². The van der Waals surface area contributed by atoms with Crippen molar-refractivity contribution in [3.05, 3.63) is 62.2 Å². The van der Waals surface area contributed by atoms with Crippen LogP contribution in [-0.4, -0.2) is 23.0 Å². The van der Waals surface area contributed by atoms with Crippen molar-refractivity contribution in [1.29, 1.82) is 0 Å². The third-order valence-corrected chi connectivity index (χ3v) is 6.48. The molecule has 0 aliphatic heterocycles. The van der Waals surface area contributed by atoms with Crippen LogP contribution < -0.4 is 14.8 Å². The highest BCUT2D eigenvalue weighted by molar-refractivity contribution is 7.20. The Morgan fingerprint density at radius 1 is 1.21 bits per heavy atom. The molecular weight excluding hydrogens is 450 g/mol. The minimum absolute atomic E-state index is 0.278. The van der Waals surface area contributed by atoms with Gasteiger partial charge in [0.05, 0.1) is 33.2 Å². The van der Waals surface area contributed by atoms with Crippen molar-refractivity contribution >= 4 is 56.7 Å². The van der Waals surface area contributed by atoms with Gasteiger partial charge in [0.25, 0.3) is 5.91 Å². The van der Waals surface area contributed by atoms with Crippen molar-refractivity contribution in [3.8, 4) is 22.1 Å². The molecule has 1 N–H and O–H groups in total. The molecule has 1 aromatic carbocycles. The maximum absolute atomic E-state index is 12.6. The van der Waals surface area contributed by atoms with Gasteiger partial charge in [0.1, 0.15) is 6.61 Å². The van der Waals surface area contributed by atoms with Crippen LogP contribution in [0.15, 0.2) is 46.6 Å². The van der Waals surface area contributed by atoms with Crippen LogP contribution >= 0.6 is 45.6 Å². The second-order valence-electron chi connectivity index (χ2n) is 5.73. The standard InChI is InChI=1S/C19H14ClN3O3S3/c1-25-15-6-11(2-3-14(15)26-7-12-8-27-10-21-12)18(24)23-19-22-13(9-28-19)16-4-5-17(20)29-16/h2-6,8-10H,7H2,1H3,(H,22,23,24). The number of amides is 1. The van der Waals surface area contributed by atoms with Gasteiger partial charge in [-0.3, -0.25) is 10.1 Å². The second-order valence-corrected chi connectivity index (χ2v) is 9.02. The fraction of sp³-hybridized carbons (Fsp3) is 0.105. The van der Waals surface area contributed by atoms with Gasteiger partial charge < -0.3 is 9.47 Å². The summed E-state index contributed by atoms with van der Waals surface area (Å²) in [5.74, 6) is 0.739. The lowest BCUT2D eigenvalue weighted by Crippen LogP contribution is -2.12. The van der Waals surface area contributed by atoms with E-state index in [1.807, 2.05) is 22.9 Å². The smallest absolute Gasteiger partial charge is 0.257 e. The number of benzene rings is 1. The maximum Gasteiger partial charge on any atom is 0.257 e. The van der Waals surface area contributed by atoms with E-state index in [1.165, 1.54) is 41.1 Å². The molecule has 1 amide bonds. The Balaban J connectivity index is 1.45. The molecule has 0 aliphatic carbocycles. The number of carbonyl (C=O) groups excluding carboxylic acids is 1. The van der Waals surface area contributed by atoms with Crippen LogP contribution in [0.5, 0.6) is 11.5 Å². The number of thiazole rings is 2. The Labute approximate surface area is 183 Å². The molecule has 148 valence electrons. The first-order valence-corrected chi connectivity index (χ1v) is 11.3. The quantitative estimate of drug-likeness (QED) is 0.373. The number of halogens is 1. The molecule has 0 bridgehead atoms. The maximum atomic E-state index is 12.6. The number of hydrogen-bond donors (Lipinski definition) is 1. The van der Waals surface area contributed by atoms with Crippen LogP contribution in [0.1, 0.15) is 16.1 Å². The Hall–Kier alpha value is -2.46. The predicted molar refractivity (Wildman–Crippen MR) is 118 cm³/mol. The van der Waals surface area contributed by atoms with E-state index in [9.17, 15) is 4.79 Å². The van der Waals surface area contributed by atoms with E-state index in [0.717, 1.165) is 16.3 Å². The highest BCUT2D eigenvalue weighted by Gasteiger charge is 2.14. The van der Waals surface area contributed by atoms with Crippen molar-refractivity contribution in [2.45, 2.75) is 6.61 Å². The number of methoxy groups -OCH3 is 1. The van der Waals surface area contributed by atoms with Crippen LogP contribution in [0.25, 0.3) is 10.6 Å². The molecule has 0 atom stereocenters. The normalized spacial score (nSPS) is 10.7. The van der Waals surface area contributed by atoms with Crippen molar-refractivity contribution in [2.24, 2.45) is 0 Å². The summed E-state index contributed by atoms with van der Waals surface area (Å²) >= 11 is 10.3. The number of hydrogen-bond acceptors (Lipinski definition) is 8. The molecule has 29 heavy (non-hydrogen) atoms. The molecule has 10 heteroatoms. The Morgan fingerprint density at radius 2 is 2.10 bits per heavy atom. The summed E-state index contributed by atoms with van der Waals surface area (Å²) < 4.78 is 11.8. The summed E-state index contributed by atoms with van der Waals surface area (Å²) in [4.78, 5) is 22.2. The molecule has 0 spiro atoms. The minimum Gasteiger partial charge on any atom is -0.493 e. The topological polar surface area (TPSA) is 73.3 Å². The first kappa shape index (κ1) is 19.8. The van der Waals surface area contributed by atoms with E-state index in [2.05, 4.69) is 15.3 Å². The van der Waals surface area contributed by atoms with Gasteiger partial charge in [0.15, 0.2) is 16.6 Å². The fourth-order valence-corrected chi connectivity index (χ4v) is 4.78. The molecule has 0 saturated carbocycles. The van der Waals surface area contributed by atoms with Gasteiger partial charge in [-0.1, -0.05) is 11.6 Å². The molecule has 4 rings (SSSR count). The molecule has 3 aromatic heterocycles. The summed E-state index contributed by atoms with van der Waals surface area (Å²) in [6.07, 6.45) is 0. The van der Waals surface area contributed by atoms with Crippen molar-refractivity contribution in [3.63, 3.8) is 0 Å². The number of aromatic nitrogens is 2. The van der Waals surface area contributed by atoms with Gasteiger partial charge in [-0.25, -0.2) is 9.97 Å². The second kappa shape index (κ2) is 8.91. The minimum atomic E-state index is -0.278. The number of thiophene rings is 1. The average molecular weight is 464 g/mol. The van der Waals surface area contributed by atoms with E-state index >= 15 is 0 Å². The number of carbonyl (C=O) groups is 1. The molecule has 0 aliphatic rings. The average Bonchev–Trinajstić information content (AvgIpc) is 3.48. The summed E-state index contributed by atoms with van der Waals surface area (Å²) in [6, 6.07) is 8.76. The zero-order valence-electron chi connectivity index (χ0n) is 15.0. The summed E-state index contributed by atoms with van der Waals surface area (Å²) in [7, 11) is 1.53. The molecule has 0 unspecified atom stereocenters. The largest absolute Gasteiger partial charge is 0.493 e. The Bertz CT molecular complexity index is 1120. The molecule has 0 radical (unpaired) electrons. The molecular formula is C19H14ClN3O3S3. The summed E-state index contributed by atoms with van der Waals surface area (Å²) in [5.41, 5.74) is 3.82. The van der Waals surface area contributed by atoms with Gasteiger partial charge >= 0.3 is 0 Å². The van der Waals surface area contributed by atoms with Gasteiger partial charge in [-0.2, -0.15) is 0 Å². The van der Waals surface area contributed by atoms with Crippen LogP contribution in [-0.2, 0) is 6.61 Å². The third kappa shape index (κ3) is 4.76. The van der Waals surface area contributed by atoms with Gasteiger partial charge in [0, 0.05) is 16.3 Å². The van der Waals surface area contributed by atoms with E-state index in [1.54, 1.807) is 23.7 Å². The Morgan fingerprint density at radius 3 is 2.83 bits per heavy atom. The lowest BCUT2D eigenvalue weighted by Gasteiger charge is -2.11. The summed E-state index contributed by atoms with van der Waals surface area (Å²) in [6.45, 7) is 0.333. The number of nitrogens with zero attached hydrogens (tertiary/aromatic N) is 2. The Kier molecular flexibility index (Phi) is 6.10. The first-order valence-electron chi connectivity index (χ1n) is 8.33. The number of ether oxygens (including phenoxy) is 2. The molecule has 6 nitrogen and oxygen atoms in total. The first-order chi connectivity index (χ1) is 14.1. The van der Waals surface area contributed by atoms with E-state index < -0.39 is 0 Å². The van der Waals surface area contributed by atoms with Crippen LogP contribution in [0, 0.1) is 0 Å². The molecule has 0 saturated heterocycles. The molecule has 0 fully saturated rings. The van der Waals surface area contributed by atoms with E-state index in [-0.39, 0.29) is 5.91 Å². The van der Waals surface area contributed by atoms with Crippen LogP contribution in [0.2, 0.25) is 4.34 Å². The third-order valence-electron chi connectivity index (χ3n) is 3.84. The zero-order chi connectivity index (χ0) is 20.2. The number of rotatable bonds is 7.